The van der Waals surface area contributed by atoms with Gasteiger partial charge in [-0.25, -0.2) is 0 Å². The summed E-state index contributed by atoms with van der Waals surface area (Å²) < 4.78 is -0.705. The van der Waals surface area contributed by atoms with E-state index >= 15 is 0 Å². The number of aliphatic hydroxyl groups excluding tert-OH is 1. The maximum atomic E-state index is 14.3. The van der Waals surface area contributed by atoms with Gasteiger partial charge < -0.3 is 19.8 Å². The van der Waals surface area contributed by atoms with E-state index in [9.17, 15) is 19.5 Å². The van der Waals surface area contributed by atoms with Crippen molar-refractivity contribution in [2.75, 3.05) is 37.7 Å². The first-order valence-corrected chi connectivity index (χ1v) is 15.8. The molecule has 2 bridgehead atoms. The molecule has 0 aromatic heterocycles. The minimum Gasteiger partial charge on any atom is -0.396 e. The Morgan fingerprint density at radius 1 is 1.15 bits per heavy atom. The molecule has 3 amide bonds. The zero-order valence-corrected chi connectivity index (χ0v) is 25.1. The van der Waals surface area contributed by atoms with Crippen LogP contribution in [0.5, 0.6) is 0 Å². The van der Waals surface area contributed by atoms with Gasteiger partial charge in [0, 0.05) is 48.6 Å². The molecule has 4 rings (SSSR count). The summed E-state index contributed by atoms with van der Waals surface area (Å²) in [5.41, 5.74) is 0.763. The highest BCUT2D eigenvalue weighted by molar-refractivity contribution is 9.09. The maximum absolute atomic E-state index is 14.3. The molecule has 7 nitrogen and oxygen atoms in total. The summed E-state index contributed by atoms with van der Waals surface area (Å²) in [5, 5.41) is 9.50. The molecule has 3 unspecified atom stereocenters. The molecule has 0 radical (unpaired) electrons. The van der Waals surface area contributed by atoms with Crippen LogP contribution in [-0.2, 0) is 14.4 Å². The number of hydrogen-bond donors (Lipinski definition) is 1. The predicted octanol–water partition coefficient (Wildman–Crippen LogP) is 4.26. The standard InChI is InChI=1S/C30H40BrN3O4S/c1-4-7-11-17-32(15-5-2)29(38)26-30-20-22(31)25(39-30)23(24(30)28(37)34(26)18-12-19-35)27(36)33(16-6-3)21-13-9-8-10-14-21/h5-6,8-10,13-14,22-26,35H,2-4,7,11-12,15-20H2,1H3/t22?,23-,24-,25-,26?,30?/m0/s1. The fourth-order valence-corrected chi connectivity index (χ4v) is 10.2. The van der Waals surface area contributed by atoms with Crippen LogP contribution in [0.2, 0.25) is 0 Å². The number of para-hydroxylation sites is 1. The average molecular weight is 619 g/mol. The Kier molecular flexibility index (Phi) is 9.99. The van der Waals surface area contributed by atoms with Gasteiger partial charge in [0.1, 0.15) is 6.04 Å². The first kappa shape index (κ1) is 29.9. The van der Waals surface area contributed by atoms with Crippen molar-refractivity contribution in [2.24, 2.45) is 11.8 Å². The number of anilines is 1. The molecule has 39 heavy (non-hydrogen) atoms. The number of nitrogens with zero attached hydrogens (tertiary/aromatic N) is 3. The van der Waals surface area contributed by atoms with Gasteiger partial charge in [0.05, 0.1) is 16.6 Å². The van der Waals surface area contributed by atoms with E-state index in [0.717, 1.165) is 24.9 Å². The van der Waals surface area contributed by atoms with Crippen LogP contribution in [0.1, 0.15) is 39.0 Å². The second kappa shape index (κ2) is 13.0. The molecule has 1 spiro atoms. The molecule has 0 aliphatic carbocycles. The number of likely N-dealkylation sites (tertiary alicyclic amines) is 1. The van der Waals surface area contributed by atoms with Gasteiger partial charge in [-0.15, -0.1) is 24.9 Å². The summed E-state index contributed by atoms with van der Waals surface area (Å²) in [7, 11) is 0. The Labute approximate surface area is 244 Å². The molecule has 3 heterocycles. The van der Waals surface area contributed by atoms with E-state index < -0.39 is 22.6 Å². The Morgan fingerprint density at radius 3 is 2.51 bits per heavy atom. The number of carbonyl (C=O) groups excluding carboxylic acids is 3. The van der Waals surface area contributed by atoms with E-state index in [4.69, 9.17) is 0 Å². The first-order chi connectivity index (χ1) is 18.9. The summed E-state index contributed by atoms with van der Waals surface area (Å²) in [5.74, 6) is -1.49. The Morgan fingerprint density at radius 2 is 1.87 bits per heavy atom. The summed E-state index contributed by atoms with van der Waals surface area (Å²) in [6.45, 7) is 11.4. The van der Waals surface area contributed by atoms with Crippen molar-refractivity contribution in [3.8, 4) is 0 Å². The lowest BCUT2D eigenvalue weighted by molar-refractivity contribution is -0.142. The maximum Gasteiger partial charge on any atom is 0.247 e. The van der Waals surface area contributed by atoms with Gasteiger partial charge in [0.25, 0.3) is 0 Å². The van der Waals surface area contributed by atoms with Crippen LogP contribution in [0.4, 0.5) is 5.69 Å². The number of aliphatic hydroxyl groups is 1. The van der Waals surface area contributed by atoms with Gasteiger partial charge in [0.2, 0.25) is 17.7 Å². The number of carbonyl (C=O) groups is 3. The van der Waals surface area contributed by atoms with E-state index in [1.165, 1.54) is 0 Å². The SMILES string of the molecule is C=CCN(CCCCC)C(=O)C1N(CCCO)C(=O)[C@@H]2[C@H](C(=O)N(CC=C)c3ccccc3)[C@H]3SC12CC3Br. The zero-order chi connectivity index (χ0) is 28.2. The number of rotatable bonds is 14. The highest BCUT2D eigenvalue weighted by Gasteiger charge is 2.76. The smallest absolute Gasteiger partial charge is 0.247 e. The first-order valence-electron chi connectivity index (χ1n) is 14.0. The van der Waals surface area contributed by atoms with Crippen molar-refractivity contribution in [1.29, 1.82) is 0 Å². The highest BCUT2D eigenvalue weighted by atomic mass is 79.9. The van der Waals surface area contributed by atoms with Crippen LogP contribution >= 0.6 is 27.7 Å². The highest BCUT2D eigenvalue weighted by Crippen LogP contribution is 2.68. The number of alkyl halides is 1. The molecular formula is C30H40BrN3O4S. The van der Waals surface area contributed by atoms with Crippen LogP contribution in [0.3, 0.4) is 0 Å². The molecule has 3 aliphatic heterocycles. The molecule has 1 aromatic rings. The Bertz CT molecular complexity index is 1070. The fraction of sp³-hybridized carbons (Fsp3) is 0.567. The summed E-state index contributed by atoms with van der Waals surface area (Å²) in [4.78, 5) is 48.0. The normalized spacial score (nSPS) is 28.8. The lowest BCUT2D eigenvalue weighted by Gasteiger charge is -2.38. The number of benzene rings is 1. The lowest BCUT2D eigenvalue weighted by atomic mass is 9.70. The molecule has 9 heteroatoms. The monoisotopic (exact) mass is 617 g/mol. The quantitative estimate of drug-likeness (QED) is 0.192. The van der Waals surface area contributed by atoms with Crippen molar-refractivity contribution >= 4 is 51.1 Å². The van der Waals surface area contributed by atoms with Crippen LogP contribution in [-0.4, -0.2) is 86.3 Å². The van der Waals surface area contributed by atoms with Crippen molar-refractivity contribution in [1.82, 2.24) is 9.80 Å². The van der Waals surface area contributed by atoms with Crippen LogP contribution < -0.4 is 4.90 Å². The van der Waals surface area contributed by atoms with Gasteiger partial charge in [-0.3, -0.25) is 14.4 Å². The van der Waals surface area contributed by atoms with Gasteiger partial charge in [-0.2, -0.15) is 0 Å². The number of amides is 3. The predicted molar refractivity (Wildman–Crippen MR) is 161 cm³/mol. The third kappa shape index (κ3) is 5.46. The van der Waals surface area contributed by atoms with Crippen molar-refractivity contribution < 1.29 is 19.5 Å². The number of thioether (sulfide) groups is 1. The second-order valence-electron chi connectivity index (χ2n) is 10.6. The average Bonchev–Trinajstić information content (AvgIpc) is 3.53. The molecule has 212 valence electrons. The molecule has 3 fully saturated rings. The largest absolute Gasteiger partial charge is 0.396 e. The molecule has 1 aromatic carbocycles. The van der Waals surface area contributed by atoms with Crippen LogP contribution in [0.15, 0.2) is 55.6 Å². The van der Waals surface area contributed by atoms with Gasteiger partial charge >= 0.3 is 0 Å². The Hall–Kier alpha value is -2.10. The van der Waals surface area contributed by atoms with Gasteiger partial charge in [-0.1, -0.05) is 66.0 Å². The topological polar surface area (TPSA) is 81.2 Å². The van der Waals surface area contributed by atoms with Gasteiger partial charge in [-0.05, 0) is 31.4 Å². The second-order valence-corrected chi connectivity index (χ2v) is 13.3. The van der Waals surface area contributed by atoms with Gasteiger partial charge in [0.15, 0.2) is 0 Å². The number of fused-ring (bicyclic) bond motifs is 1. The minimum atomic E-state index is -0.705. The molecule has 0 saturated carbocycles. The Balaban J connectivity index is 1.73. The number of unbranched alkanes of at least 4 members (excludes halogenated alkanes) is 2. The number of halogens is 1. The third-order valence-electron chi connectivity index (χ3n) is 8.20. The van der Waals surface area contributed by atoms with Crippen molar-refractivity contribution in [3.05, 3.63) is 55.6 Å². The minimum absolute atomic E-state index is 0.00268. The van der Waals surface area contributed by atoms with E-state index in [-0.39, 0.29) is 41.0 Å². The molecule has 6 atom stereocenters. The third-order valence-corrected chi connectivity index (χ3v) is 11.4. The molecular weight excluding hydrogens is 578 g/mol. The molecule has 3 saturated heterocycles. The van der Waals surface area contributed by atoms with Crippen molar-refractivity contribution in [3.63, 3.8) is 0 Å². The number of hydrogen-bond acceptors (Lipinski definition) is 5. The van der Waals surface area contributed by atoms with Crippen LogP contribution in [0.25, 0.3) is 0 Å². The van der Waals surface area contributed by atoms with E-state index in [0.29, 0.717) is 32.5 Å². The summed E-state index contributed by atoms with van der Waals surface area (Å²) >= 11 is 5.49. The zero-order valence-electron chi connectivity index (χ0n) is 22.7. The fourth-order valence-electron chi connectivity index (χ4n) is 6.59. The molecule has 3 aliphatic rings. The van der Waals surface area contributed by atoms with E-state index in [2.05, 4.69) is 36.0 Å². The van der Waals surface area contributed by atoms with Crippen LogP contribution in [0, 0.1) is 11.8 Å². The van der Waals surface area contributed by atoms with Crippen molar-refractivity contribution in [2.45, 2.75) is 59.9 Å². The molecule has 1 N–H and O–H groups in total. The van der Waals surface area contributed by atoms with E-state index in [1.54, 1.807) is 33.7 Å². The summed E-state index contributed by atoms with van der Waals surface area (Å²) in [6.07, 6.45) is 7.40. The lowest BCUT2D eigenvalue weighted by Crippen LogP contribution is -2.56. The van der Waals surface area contributed by atoms with E-state index in [1.807, 2.05) is 35.2 Å². The summed E-state index contributed by atoms with van der Waals surface area (Å²) in [6, 6.07) is 8.79.